The number of amides is 1. The Labute approximate surface area is 250 Å². The number of aromatic hydroxyl groups is 1. The number of fused-ring (bicyclic) bond motifs is 3. The van der Waals surface area contributed by atoms with Crippen molar-refractivity contribution in [2.45, 2.75) is 31.0 Å². The molecule has 0 bridgehead atoms. The van der Waals surface area contributed by atoms with Gasteiger partial charge in [0.2, 0.25) is 5.78 Å². The van der Waals surface area contributed by atoms with Crippen molar-refractivity contribution in [3.05, 3.63) is 86.9 Å². The minimum Gasteiger partial charge on any atom is -0.510 e. The third-order valence-corrected chi connectivity index (χ3v) is 8.76. The monoisotopic (exact) mass is 611 g/mol. The molecule has 0 radical (unpaired) electrons. The molecule has 0 aromatic heterocycles. The summed E-state index contributed by atoms with van der Waals surface area (Å²) in [5.74, 6) is -9.40. The number of nitrogens with one attached hydrogen (secondary N) is 2. The first kappa shape index (κ1) is 31.0. The van der Waals surface area contributed by atoms with Crippen molar-refractivity contribution in [3.63, 3.8) is 0 Å². The summed E-state index contributed by atoms with van der Waals surface area (Å²) in [5.41, 5.74) is -4.16. The molecular formula is C31H31F2N3O8. The molecule has 0 saturated carbocycles. The van der Waals surface area contributed by atoms with E-state index in [0.29, 0.717) is 0 Å². The van der Waals surface area contributed by atoms with E-state index in [-0.39, 0.29) is 53.8 Å². The molecule has 44 heavy (non-hydrogen) atoms. The first-order valence-electron chi connectivity index (χ1n) is 13.8. The molecule has 2 aromatic carbocycles. The lowest BCUT2D eigenvalue weighted by atomic mass is 9.58. The van der Waals surface area contributed by atoms with E-state index in [1.165, 1.54) is 24.1 Å². The molecule has 0 spiro atoms. The van der Waals surface area contributed by atoms with Crippen LogP contribution < -0.4 is 10.6 Å². The quantitative estimate of drug-likeness (QED) is 0.199. The van der Waals surface area contributed by atoms with Crippen LogP contribution in [-0.4, -0.2) is 87.9 Å². The third-order valence-electron chi connectivity index (χ3n) is 8.76. The first-order valence-corrected chi connectivity index (χ1v) is 13.8. The SMILES string of the molecule is CNC(=O)C1=C(O)[C@@H](N(C)C)[C@@H]2C[C@@H]3Cc4c(C(=O)CNCc5c(F)cccc5F)ccc(O)c4C(=O)C3=C(O)[C@]2(O)C1=O. The van der Waals surface area contributed by atoms with Crippen molar-refractivity contribution in [2.75, 3.05) is 27.7 Å². The largest absolute Gasteiger partial charge is 0.510 e. The Kier molecular flexibility index (Phi) is 7.91. The highest BCUT2D eigenvalue weighted by molar-refractivity contribution is 6.25. The van der Waals surface area contributed by atoms with Crippen molar-refractivity contribution in [2.24, 2.45) is 11.8 Å². The van der Waals surface area contributed by atoms with Crippen LogP contribution in [-0.2, 0) is 22.6 Å². The Hall–Kier alpha value is -4.46. The highest BCUT2D eigenvalue weighted by Gasteiger charge is 2.63. The number of carbonyl (C=O) groups is 4. The number of benzene rings is 2. The molecule has 2 aromatic rings. The van der Waals surface area contributed by atoms with E-state index < -0.39 is 81.2 Å². The zero-order valence-corrected chi connectivity index (χ0v) is 24.1. The van der Waals surface area contributed by atoms with E-state index in [2.05, 4.69) is 10.6 Å². The minimum absolute atomic E-state index is 0.0561. The van der Waals surface area contributed by atoms with Crippen LogP contribution in [0.1, 0.15) is 38.3 Å². The molecular weight excluding hydrogens is 580 g/mol. The van der Waals surface area contributed by atoms with Crippen molar-refractivity contribution in [1.82, 2.24) is 15.5 Å². The van der Waals surface area contributed by atoms with Crippen LogP contribution in [0.15, 0.2) is 53.0 Å². The van der Waals surface area contributed by atoms with Gasteiger partial charge in [0.05, 0.1) is 18.2 Å². The van der Waals surface area contributed by atoms with Crippen molar-refractivity contribution in [1.29, 1.82) is 0 Å². The fourth-order valence-electron chi connectivity index (χ4n) is 6.72. The van der Waals surface area contributed by atoms with Gasteiger partial charge < -0.3 is 31.1 Å². The molecule has 13 heteroatoms. The maximum absolute atomic E-state index is 14.0. The molecule has 3 aliphatic carbocycles. The number of halogens is 2. The number of phenols is 1. The smallest absolute Gasteiger partial charge is 0.258 e. The van der Waals surface area contributed by atoms with Gasteiger partial charge in [-0.3, -0.25) is 24.1 Å². The summed E-state index contributed by atoms with van der Waals surface area (Å²) in [4.78, 5) is 54.7. The van der Waals surface area contributed by atoms with Gasteiger partial charge in [0.15, 0.2) is 17.2 Å². The molecule has 0 heterocycles. The topological polar surface area (TPSA) is 176 Å². The van der Waals surface area contributed by atoms with Crippen LogP contribution >= 0.6 is 0 Å². The lowest BCUT2D eigenvalue weighted by Gasteiger charge is -2.50. The molecule has 4 atom stereocenters. The van der Waals surface area contributed by atoms with Crippen LogP contribution in [0, 0.1) is 23.5 Å². The van der Waals surface area contributed by atoms with Gasteiger partial charge in [-0.25, -0.2) is 8.78 Å². The maximum Gasteiger partial charge on any atom is 0.258 e. The summed E-state index contributed by atoms with van der Waals surface area (Å²) in [5, 5.41) is 49.8. The standard InChI is InChI=1S/C31H31F2N3O8/c1-34-30(43)24-27(40)25(36(2)3)17-10-13-9-15-14(21(38)12-35-11-16-18(32)5-4-6-19(16)33)7-8-20(37)23(15)26(39)22(13)28(41)31(17,44)29(24)42/h4-8,13,17,25,35,37,40-41,44H,9-12H2,1-3H3,(H,34,43)/t13-,17-,25-,31-/m0/s1. The number of aliphatic hydroxyl groups excluding tert-OH is 2. The number of phenolic OH excluding ortho intramolecular Hbond substituents is 1. The molecule has 5 rings (SSSR count). The number of allylic oxidation sites excluding steroid dienone is 1. The van der Waals surface area contributed by atoms with Gasteiger partial charge in [-0.05, 0) is 62.7 Å². The van der Waals surface area contributed by atoms with Crippen LogP contribution in [0.2, 0.25) is 0 Å². The van der Waals surface area contributed by atoms with Gasteiger partial charge in [-0.15, -0.1) is 0 Å². The summed E-state index contributed by atoms with van der Waals surface area (Å²) in [6.45, 7) is -0.652. The summed E-state index contributed by atoms with van der Waals surface area (Å²) < 4.78 is 28.0. The Morgan fingerprint density at radius 1 is 1.07 bits per heavy atom. The molecule has 0 saturated heterocycles. The second-order valence-corrected chi connectivity index (χ2v) is 11.4. The fraction of sp³-hybridized carbons (Fsp3) is 0.355. The number of carbonyl (C=O) groups excluding carboxylic acids is 4. The van der Waals surface area contributed by atoms with Gasteiger partial charge in [-0.2, -0.15) is 0 Å². The Balaban J connectivity index is 1.53. The van der Waals surface area contributed by atoms with Gasteiger partial charge in [0, 0.05) is 36.2 Å². The molecule has 0 fully saturated rings. The van der Waals surface area contributed by atoms with E-state index in [0.717, 1.165) is 18.2 Å². The van der Waals surface area contributed by atoms with Gasteiger partial charge in [-0.1, -0.05) is 6.07 Å². The molecule has 0 aliphatic heterocycles. The van der Waals surface area contributed by atoms with E-state index in [4.69, 9.17) is 0 Å². The number of nitrogens with zero attached hydrogens (tertiary/aromatic N) is 1. The number of Topliss-reactive ketones (excluding diaryl/α,β-unsaturated/α-hetero) is 3. The molecule has 0 unspecified atom stereocenters. The Bertz CT molecular complexity index is 1660. The van der Waals surface area contributed by atoms with E-state index in [1.807, 2.05) is 0 Å². The van der Waals surface area contributed by atoms with E-state index in [1.54, 1.807) is 14.1 Å². The van der Waals surface area contributed by atoms with E-state index >= 15 is 0 Å². The highest BCUT2D eigenvalue weighted by atomic mass is 19.1. The Morgan fingerprint density at radius 2 is 1.73 bits per heavy atom. The lowest BCUT2D eigenvalue weighted by molar-refractivity contribution is -0.148. The molecule has 6 N–H and O–H groups in total. The normalized spacial score (nSPS) is 24.7. The van der Waals surface area contributed by atoms with Crippen molar-refractivity contribution in [3.8, 4) is 5.75 Å². The summed E-state index contributed by atoms with van der Waals surface area (Å²) in [6.07, 6.45) is -0.180. The van der Waals surface area contributed by atoms with Crippen LogP contribution in [0.25, 0.3) is 0 Å². The average molecular weight is 612 g/mol. The Morgan fingerprint density at radius 3 is 2.34 bits per heavy atom. The van der Waals surface area contributed by atoms with Crippen molar-refractivity contribution < 1.29 is 48.4 Å². The predicted molar refractivity (Wildman–Crippen MR) is 151 cm³/mol. The molecule has 1 amide bonds. The zero-order chi connectivity index (χ0) is 32.2. The van der Waals surface area contributed by atoms with Crippen LogP contribution in [0.4, 0.5) is 8.78 Å². The number of hydrogen-bond donors (Lipinski definition) is 6. The number of hydrogen-bond acceptors (Lipinski definition) is 10. The molecule has 11 nitrogen and oxygen atoms in total. The molecule has 3 aliphatic rings. The van der Waals surface area contributed by atoms with E-state index in [9.17, 15) is 48.4 Å². The summed E-state index contributed by atoms with van der Waals surface area (Å²) in [7, 11) is 4.32. The molecule has 232 valence electrons. The van der Waals surface area contributed by atoms with Crippen molar-refractivity contribution >= 4 is 23.3 Å². The maximum atomic E-state index is 14.0. The minimum atomic E-state index is -2.74. The second kappa shape index (κ2) is 11.2. The van der Waals surface area contributed by atoms with Crippen LogP contribution in [0.5, 0.6) is 5.75 Å². The average Bonchev–Trinajstić information content (AvgIpc) is 2.96. The number of rotatable bonds is 7. The van der Waals surface area contributed by atoms with Gasteiger partial charge in [0.1, 0.15) is 34.5 Å². The second-order valence-electron chi connectivity index (χ2n) is 11.4. The first-order chi connectivity index (χ1) is 20.7. The highest BCUT2D eigenvalue weighted by Crippen LogP contribution is 2.52. The summed E-state index contributed by atoms with van der Waals surface area (Å²) in [6, 6.07) is 4.72. The van der Waals surface area contributed by atoms with Gasteiger partial charge in [0.25, 0.3) is 5.91 Å². The summed E-state index contributed by atoms with van der Waals surface area (Å²) >= 11 is 0. The zero-order valence-electron chi connectivity index (χ0n) is 24.1. The third kappa shape index (κ3) is 4.59. The predicted octanol–water partition coefficient (Wildman–Crippen LogP) is 1.63. The fourth-order valence-corrected chi connectivity index (χ4v) is 6.72. The number of likely N-dealkylation sites (N-methyl/N-ethyl adjacent to an activating group) is 2. The van der Waals surface area contributed by atoms with Crippen LogP contribution in [0.3, 0.4) is 0 Å². The lowest BCUT2D eigenvalue weighted by Crippen LogP contribution is -2.64. The van der Waals surface area contributed by atoms with Gasteiger partial charge >= 0.3 is 0 Å². The number of ketones is 3. The number of aliphatic hydroxyl groups is 3.